The highest BCUT2D eigenvalue weighted by atomic mass is 32.1. The Morgan fingerprint density at radius 2 is 1.75 bits per heavy atom. The number of rotatable bonds is 9. The molecule has 2 N–H and O–H groups in total. The highest BCUT2D eigenvalue weighted by Crippen LogP contribution is 2.20. The molecule has 3 aromatic rings. The zero-order valence-electron chi connectivity index (χ0n) is 15.9. The van der Waals surface area contributed by atoms with Gasteiger partial charge in [0.15, 0.2) is 5.82 Å². The van der Waals surface area contributed by atoms with Crippen LogP contribution in [-0.2, 0) is 0 Å². The van der Waals surface area contributed by atoms with Crippen molar-refractivity contribution in [2.24, 2.45) is 5.10 Å². The first-order valence-corrected chi connectivity index (χ1v) is 9.54. The lowest BCUT2D eigenvalue weighted by Gasteiger charge is -2.07. The monoisotopic (exact) mass is 397 g/mol. The van der Waals surface area contributed by atoms with Gasteiger partial charge in [0.05, 0.1) is 19.4 Å². The molecule has 2 aromatic carbocycles. The fourth-order valence-corrected chi connectivity index (χ4v) is 2.65. The number of H-pyrrole nitrogens is 1. The number of ether oxygens (including phenoxy) is 2. The van der Waals surface area contributed by atoms with Gasteiger partial charge in [0.2, 0.25) is 4.77 Å². The second kappa shape index (κ2) is 9.70. The van der Waals surface area contributed by atoms with Gasteiger partial charge in [-0.05, 0) is 79.7 Å². The van der Waals surface area contributed by atoms with Crippen molar-refractivity contribution in [2.75, 3.05) is 18.7 Å². The summed E-state index contributed by atoms with van der Waals surface area (Å²) >= 11 is 5.30. The van der Waals surface area contributed by atoms with Crippen molar-refractivity contribution in [3.8, 4) is 22.9 Å². The largest absolute Gasteiger partial charge is 0.494 e. The van der Waals surface area contributed by atoms with Crippen molar-refractivity contribution < 1.29 is 9.47 Å². The minimum atomic E-state index is 0.421. The van der Waals surface area contributed by atoms with Gasteiger partial charge in [-0.25, -0.2) is 10.6 Å². The van der Waals surface area contributed by atoms with Gasteiger partial charge in [-0.2, -0.15) is 14.9 Å². The SMILES string of the molecule is CCCOc1ccc(/C=N/Nn2c(-c3ccc(OCC)cc3)n[nH]c2=S)cc1. The van der Waals surface area contributed by atoms with Crippen LogP contribution >= 0.6 is 12.2 Å². The van der Waals surface area contributed by atoms with Gasteiger partial charge in [0.1, 0.15) is 11.5 Å². The van der Waals surface area contributed by atoms with Crippen molar-refractivity contribution in [1.82, 2.24) is 14.9 Å². The fourth-order valence-electron chi connectivity index (χ4n) is 2.48. The lowest BCUT2D eigenvalue weighted by atomic mass is 10.2. The molecule has 0 saturated heterocycles. The van der Waals surface area contributed by atoms with Crippen LogP contribution in [0.5, 0.6) is 11.5 Å². The zero-order valence-corrected chi connectivity index (χ0v) is 16.7. The van der Waals surface area contributed by atoms with Crippen molar-refractivity contribution in [2.45, 2.75) is 20.3 Å². The van der Waals surface area contributed by atoms with Crippen molar-refractivity contribution in [3.63, 3.8) is 0 Å². The average Bonchev–Trinajstić information content (AvgIpc) is 3.09. The third-order valence-electron chi connectivity index (χ3n) is 3.82. The molecule has 0 fully saturated rings. The van der Waals surface area contributed by atoms with Gasteiger partial charge in [0.25, 0.3) is 0 Å². The summed E-state index contributed by atoms with van der Waals surface area (Å²) in [5.41, 5.74) is 4.75. The Labute approximate surface area is 169 Å². The Morgan fingerprint density at radius 1 is 1.07 bits per heavy atom. The Hall–Kier alpha value is -3.13. The van der Waals surface area contributed by atoms with Crippen LogP contribution in [0, 0.1) is 4.77 Å². The maximum atomic E-state index is 5.58. The van der Waals surface area contributed by atoms with E-state index in [4.69, 9.17) is 21.7 Å². The molecule has 0 aliphatic rings. The molecular formula is C20H23N5O2S. The van der Waals surface area contributed by atoms with Crippen molar-refractivity contribution in [1.29, 1.82) is 0 Å². The molecule has 0 atom stereocenters. The number of benzene rings is 2. The third-order valence-corrected chi connectivity index (χ3v) is 4.09. The fraction of sp³-hybridized carbons (Fsp3) is 0.250. The first-order valence-electron chi connectivity index (χ1n) is 9.14. The van der Waals surface area contributed by atoms with Crippen LogP contribution in [0.1, 0.15) is 25.8 Å². The van der Waals surface area contributed by atoms with Gasteiger partial charge in [-0.1, -0.05) is 6.92 Å². The summed E-state index contributed by atoms with van der Waals surface area (Å²) in [5, 5.41) is 11.3. The molecule has 8 heteroatoms. The van der Waals surface area contributed by atoms with E-state index in [0.29, 0.717) is 23.8 Å². The predicted octanol–water partition coefficient (Wildman–Crippen LogP) is 4.37. The van der Waals surface area contributed by atoms with Gasteiger partial charge in [-0.15, -0.1) is 0 Å². The Morgan fingerprint density at radius 3 is 2.43 bits per heavy atom. The molecule has 0 radical (unpaired) electrons. The molecular weight excluding hydrogens is 374 g/mol. The first kappa shape index (κ1) is 19.6. The van der Waals surface area contributed by atoms with E-state index < -0.39 is 0 Å². The highest BCUT2D eigenvalue weighted by Gasteiger charge is 2.08. The molecule has 1 aromatic heterocycles. The smallest absolute Gasteiger partial charge is 0.216 e. The molecule has 0 aliphatic heterocycles. The minimum absolute atomic E-state index is 0.421. The number of aromatic amines is 1. The van der Waals surface area contributed by atoms with E-state index in [1.165, 1.54) is 0 Å². The standard InChI is InChI=1S/C20H23N5O2S/c1-3-13-27-18-9-5-15(6-10-18)14-21-24-25-19(22-23-20(25)28)16-7-11-17(12-8-16)26-4-2/h5-12,14,24H,3-4,13H2,1-2H3,(H,23,28)/b21-14+. The molecule has 28 heavy (non-hydrogen) atoms. The average molecular weight is 398 g/mol. The van der Waals surface area contributed by atoms with Crippen LogP contribution < -0.4 is 15.0 Å². The molecule has 0 spiro atoms. The lowest BCUT2D eigenvalue weighted by Crippen LogP contribution is -2.10. The summed E-state index contributed by atoms with van der Waals surface area (Å²) in [6.07, 6.45) is 2.69. The third kappa shape index (κ3) is 4.98. The topological polar surface area (TPSA) is 76.5 Å². The molecule has 3 rings (SSSR count). The van der Waals surface area contributed by atoms with Gasteiger partial charge in [0, 0.05) is 5.56 Å². The van der Waals surface area contributed by atoms with E-state index in [0.717, 1.165) is 29.0 Å². The first-order chi connectivity index (χ1) is 13.7. The Balaban J connectivity index is 1.70. The molecule has 0 amide bonds. The van der Waals surface area contributed by atoms with Crippen LogP contribution in [0.4, 0.5) is 0 Å². The van der Waals surface area contributed by atoms with E-state index in [2.05, 4.69) is 27.8 Å². The van der Waals surface area contributed by atoms with Crippen molar-refractivity contribution >= 4 is 18.4 Å². The summed E-state index contributed by atoms with van der Waals surface area (Å²) in [6, 6.07) is 15.4. The molecule has 0 bridgehead atoms. The number of hydrazone groups is 1. The lowest BCUT2D eigenvalue weighted by molar-refractivity contribution is 0.317. The maximum absolute atomic E-state index is 5.58. The zero-order chi connectivity index (χ0) is 19.8. The van der Waals surface area contributed by atoms with E-state index in [1.807, 2.05) is 55.5 Å². The number of hydrogen-bond acceptors (Lipinski definition) is 6. The Bertz CT molecular complexity index is 962. The quantitative estimate of drug-likeness (QED) is 0.318. The van der Waals surface area contributed by atoms with E-state index in [1.54, 1.807) is 10.9 Å². The predicted molar refractivity (Wildman–Crippen MR) is 113 cm³/mol. The van der Waals surface area contributed by atoms with Crippen LogP contribution in [0.15, 0.2) is 53.6 Å². The summed E-state index contributed by atoms with van der Waals surface area (Å²) in [5.74, 6) is 2.29. The van der Waals surface area contributed by atoms with E-state index in [-0.39, 0.29) is 0 Å². The normalized spacial score (nSPS) is 10.9. The van der Waals surface area contributed by atoms with Gasteiger partial charge >= 0.3 is 0 Å². The van der Waals surface area contributed by atoms with E-state index in [9.17, 15) is 0 Å². The highest BCUT2D eigenvalue weighted by molar-refractivity contribution is 7.71. The molecule has 146 valence electrons. The van der Waals surface area contributed by atoms with Gasteiger partial charge in [-0.3, -0.25) is 0 Å². The van der Waals surface area contributed by atoms with Crippen molar-refractivity contribution in [3.05, 3.63) is 58.9 Å². The second-order valence-electron chi connectivity index (χ2n) is 5.92. The second-order valence-corrected chi connectivity index (χ2v) is 6.31. The summed E-state index contributed by atoms with van der Waals surface area (Å²) < 4.78 is 13.1. The number of hydrogen-bond donors (Lipinski definition) is 2. The molecule has 0 unspecified atom stereocenters. The molecule has 1 heterocycles. The number of nitrogens with zero attached hydrogens (tertiary/aromatic N) is 3. The summed E-state index contributed by atoms with van der Waals surface area (Å²) in [4.78, 5) is 0. The Kier molecular flexibility index (Phi) is 6.80. The maximum Gasteiger partial charge on any atom is 0.216 e. The summed E-state index contributed by atoms with van der Waals surface area (Å²) in [6.45, 7) is 5.37. The number of nitrogens with one attached hydrogen (secondary N) is 2. The van der Waals surface area contributed by atoms with Crippen LogP contribution in [0.25, 0.3) is 11.4 Å². The minimum Gasteiger partial charge on any atom is -0.494 e. The van der Waals surface area contributed by atoms with Crippen LogP contribution in [-0.4, -0.2) is 34.3 Å². The molecule has 7 nitrogen and oxygen atoms in total. The van der Waals surface area contributed by atoms with Crippen LogP contribution in [0.2, 0.25) is 0 Å². The molecule has 0 aliphatic carbocycles. The van der Waals surface area contributed by atoms with Crippen LogP contribution in [0.3, 0.4) is 0 Å². The number of aromatic nitrogens is 3. The van der Waals surface area contributed by atoms with E-state index >= 15 is 0 Å². The summed E-state index contributed by atoms with van der Waals surface area (Å²) in [7, 11) is 0. The molecule has 0 saturated carbocycles. The van der Waals surface area contributed by atoms with Gasteiger partial charge < -0.3 is 9.47 Å².